The zero-order valence-corrected chi connectivity index (χ0v) is 67.5. The van der Waals surface area contributed by atoms with E-state index >= 15 is 0 Å². The summed E-state index contributed by atoms with van der Waals surface area (Å²) in [6.07, 6.45) is -11.2. The third-order valence-electron chi connectivity index (χ3n) is 17.1. The number of ether oxygens (including phenoxy) is 2. The molecule has 0 aromatic rings. The maximum absolute atomic E-state index is 12.0. The molecule has 0 aliphatic heterocycles. The number of amides is 4. The standard InChI is InChI=1S/C22H44N6O5.C22H43N5O6.C17H33NO8.C13H25NO6.CH4/c1-26-13-7-10-15(23)9-5-3-4-6-12-17(25)28-14-8-11-16(24)18(29)19(30)20(31)21(32)22(33)27-2;1-25-13-7-10-15(23)9-5-3-4-6-12-17(24)27-14-8-11-16(28)18(29)19(30)20(31)21(32)22(33)26-2;1-3-8-25-10-5-6-12(19)13(20)14(21)15(22)16(23)17(24)18-7-11-26-9-4-2;1-3-5-6-8(15)9(16)10(17)11(18)12(19)13(20)14-7-4-2;/h18-21,23-24,26,29-32H,3-14H2,1-2H3,(H2,25,28)(H,27,33);18-21,23,25,29-32H,3-14H2,1-2H3,(H2,24,27)(H,26,33);13-16,20-23H,3-11H2,1-2H3,(H,18,24);9-12,16-19H,3-7H2,1-2H3,(H,14,20);1H4/t2*18-,19+,20+,21-;13-,14+,15+,16-;9-,10+,11+,12-;/m0000./s1. The van der Waals surface area contributed by atoms with Crippen molar-refractivity contribution in [1.29, 1.82) is 16.2 Å². The van der Waals surface area contributed by atoms with Crippen LogP contribution < -0.4 is 43.4 Å². The fraction of sp³-hybridized carbons (Fsp3) is 0.840. The first-order valence-corrected chi connectivity index (χ1v) is 39.2. The van der Waals surface area contributed by atoms with E-state index in [1.807, 2.05) is 41.8 Å². The number of carbonyl (C=O) groups excluding carboxylic acids is 7. The Kier molecular flexibility index (Phi) is 75.3. The lowest BCUT2D eigenvalue weighted by Gasteiger charge is -2.26. The highest BCUT2D eigenvalue weighted by molar-refractivity contribution is 5.88. The molecule has 0 saturated heterocycles. The van der Waals surface area contributed by atoms with Gasteiger partial charge in [0, 0.05) is 109 Å². The summed E-state index contributed by atoms with van der Waals surface area (Å²) in [6.45, 7) is 12.2. The summed E-state index contributed by atoms with van der Waals surface area (Å²) >= 11 is 0. The number of unbranched alkanes of at least 4 members (excludes halogenated alkanes) is 7. The van der Waals surface area contributed by atoms with E-state index in [0.29, 0.717) is 89.5 Å². The van der Waals surface area contributed by atoms with Gasteiger partial charge < -0.3 is 151 Å². The van der Waals surface area contributed by atoms with Crippen molar-refractivity contribution in [2.75, 3.05) is 93.9 Å². The minimum atomic E-state index is -2.00. The molecule has 4 amide bonds. The fourth-order valence-corrected chi connectivity index (χ4v) is 10.0. The first-order valence-electron chi connectivity index (χ1n) is 39.2. The molecule has 0 rings (SSSR count). The molecule has 0 aromatic heterocycles. The van der Waals surface area contributed by atoms with E-state index in [1.165, 1.54) is 14.1 Å². The molecule has 0 aliphatic carbocycles. The van der Waals surface area contributed by atoms with Gasteiger partial charge in [0.15, 0.2) is 41.8 Å². The Bertz CT molecular complexity index is 2440. The van der Waals surface area contributed by atoms with Crippen molar-refractivity contribution >= 4 is 69.8 Å². The van der Waals surface area contributed by atoms with Gasteiger partial charge in [0.1, 0.15) is 73.2 Å². The average molecular weight is 1630 g/mol. The van der Waals surface area contributed by atoms with Crippen LogP contribution in [-0.2, 0) is 43.0 Å². The van der Waals surface area contributed by atoms with Gasteiger partial charge in [-0.3, -0.25) is 43.5 Å². The van der Waals surface area contributed by atoms with Gasteiger partial charge in [0.25, 0.3) is 23.6 Å². The number of aliphatic hydroxyl groups excluding tert-OH is 16. The smallest absolute Gasteiger partial charge is 0.251 e. The summed E-state index contributed by atoms with van der Waals surface area (Å²) in [5, 5.41) is 195. The van der Waals surface area contributed by atoms with Crippen LogP contribution in [0, 0.1) is 16.2 Å². The second-order valence-electron chi connectivity index (χ2n) is 27.1. The highest BCUT2D eigenvalue weighted by Gasteiger charge is 2.40. The second kappa shape index (κ2) is 73.6. The molecule has 0 aliphatic rings. The van der Waals surface area contributed by atoms with Crippen molar-refractivity contribution in [2.45, 2.75) is 313 Å². The van der Waals surface area contributed by atoms with Crippen molar-refractivity contribution in [2.24, 2.45) is 21.5 Å². The van der Waals surface area contributed by atoms with Crippen LogP contribution in [-0.4, -0.2) is 343 Å². The Labute approximate surface area is 668 Å². The predicted octanol–water partition coefficient (Wildman–Crippen LogP) is -2.96. The Morgan fingerprint density at radius 1 is 0.319 bits per heavy atom. The normalized spacial score (nSPS) is 15.8. The fourth-order valence-electron chi connectivity index (χ4n) is 10.0. The van der Waals surface area contributed by atoms with Gasteiger partial charge in [-0.05, 0) is 143 Å². The van der Waals surface area contributed by atoms with Crippen LogP contribution in [0.1, 0.15) is 215 Å². The molecule has 38 heteroatoms. The molecule has 0 aromatic carbocycles. The maximum Gasteiger partial charge on any atom is 0.251 e. The van der Waals surface area contributed by atoms with Gasteiger partial charge in [-0.25, -0.2) is 0 Å². The summed E-state index contributed by atoms with van der Waals surface area (Å²) in [4.78, 5) is 89.5. The minimum Gasteiger partial charge on any atom is -0.387 e. The van der Waals surface area contributed by atoms with Crippen LogP contribution in [0.5, 0.6) is 0 Å². The summed E-state index contributed by atoms with van der Waals surface area (Å²) in [6, 6.07) is 0. The number of ketones is 3. The van der Waals surface area contributed by atoms with Gasteiger partial charge >= 0.3 is 0 Å². The predicted molar refractivity (Wildman–Crippen MR) is 430 cm³/mol. The Morgan fingerprint density at radius 2 is 0.628 bits per heavy atom. The van der Waals surface area contributed by atoms with Crippen LogP contribution in [0.25, 0.3) is 0 Å². The number of amidine groups is 2. The van der Waals surface area contributed by atoms with Crippen LogP contribution in [0.3, 0.4) is 0 Å². The summed E-state index contributed by atoms with van der Waals surface area (Å²) in [5.41, 5.74) is 13.2. The first-order chi connectivity index (χ1) is 53.0. The lowest BCUT2D eigenvalue weighted by molar-refractivity contribution is -0.154. The largest absolute Gasteiger partial charge is 0.387 e. The Balaban J connectivity index is -0.000000465. The molecule has 38 nitrogen and oxygen atoms in total. The molecule has 0 unspecified atom stereocenters. The van der Waals surface area contributed by atoms with E-state index < -0.39 is 139 Å². The molecule has 0 saturated carbocycles. The monoisotopic (exact) mass is 1630 g/mol. The number of Topliss-reactive ketones (excluding diaryl/α,β-unsaturated/α-hetero) is 3. The highest BCUT2D eigenvalue weighted by atomic mass is 16.5. The quantitative estimate of drug-likeness (QED) is 0.0164. The number of rotatable bonds is 66. The Hall–Kier alpha value is -5.96. The zero-order chi connectivity index (χ0) is 86.1. The third kappa shape index (κ3) is 56.9. The molecule has 664 valence electrons. The number of hydrogen-bond acceptors (Lipinski definition) is 32. The number of carbonyl (C=O) groups is 7. The molecule has 113 heavy (non-hydrogen) atoms. The molecule has 0 radical (unpaired) electrons. The van der Waals surface area contributed by atoms with E-state index in [1.54, 1.807) is 0 Å². The third-order valence-corrected chi connectivity index (χ3v) is 17.1. The van der Waals surface area contributed by atoms with Gasteiger partial charge in [-0.15, -0.1) is 0 Å². The number of nitrogens with zero attached hydrogens (tertiary/aromatic N) is 2. The van der Waals surface area contributed by atoms with Crippen molar-refractivity contribution in [3.05, 3.63) is 0 Å². The van der Waals surface area contributed by atoms with E-state index in [9.17, 15) is 115 Å². The van der Waals surface area contributed by atoms with Gasteiger partial charge in [0.05, 0.1) is 18.3 Å². The molecular formula is C75H149N13O25. The number of aliphatic hydroxyl groups is 16. The number of aliphatic imine (C=N–C) groups is 2. The van der Waals surface area contributed by atoms with Crippen LogP contribution in [0.4, 0.5) is 0 Å². The first kappa shape index (κ1) is 116. The summed E-state index contributed by atoms with van der Waals surface area (Å²) in [7, 11) is 6.32. The Morgan fingerprint density at radius 3 is 0.982 bits per heavy atom. The average Bonchev–Trinajstić information content (AvgIpc) is 0.884. The maximum atomic E-state index is 12.0. The van der Waals surface area contributed by atoms with Crippen molar-refractivity contribution in [3.8, 4) is 0 Å². The lowest BCUT2D eigenvalue weighted by atomic mass is 9.97. The number of likely N-dealkylation sites (N-methyl/N-ethyl adjacent to an activating group) is 2. The van der Waals surface area contributed by atoms with E-state index in [-0.39, 0.29) is 58.5 Å². The number of hydrogen-bond donors (Lipinski definition) is 27. The van der Waals surface area contributed by atoms with Gasteiger partial charge in [-0.2, -0.15) is 0 Å². The van der Waals surface area contributed by atoms with E-state index in [4.69, 9.17) is 37.2 Å². The molecular weight excluding hydrogens is 1480 g/mol. The lowest BCUT2D eigenvalue weighted by Crippen LogP contribution is -2.52. The summed E-state index contributed by atoms with van der Waals surface area (Å²) < 4.78 is 10.4. The zero-order valence-electron chi connectivity index (χ0n) is 67.5. The van der Waals surface area contributed by atoms with Crippen LogP contribution >= 0.6 is 0 Å². The SMILES string of the molecule is C.CCCCC(=O)[C@H](O)[C@@H](O)[C@@H](O)[C@H](O)C(=O)NCCC.CCCOCCCC(=O)[C@H](O)[C@@H](O)[C@@H](O)[C@H](O)C(=O)NCCOCCC.CNCCCC(=N)CCCCCCC(N)=NCCCC(=N)[C@H](O)[C@@H](O)[C@@H](O)[C@H](O)C(=O)NC.CNCCCC(=N)CCCCCCC(N)=NCCCC(=O)[C@H](O)[C@@H](O)[C@@H](O)[C@H](O)C(=O)NC. The van der Waals surface area contributed by atoms with Crippen molar-refractivity contribution in [1.82, 2.24) is 31.9 Å². The van der Waals surface area contributed by atoms with Crippen molar-refractivity contribution in [3.63, 3.8) is 0 Å². The van der Waals surface area contributed by atoms with Crippen molar-refractivity contribution < 1.29 is 125 Å². The summed E-state index contributed by atoms with van der Waals surface area (Å²) in [5.74, 6) is -4.64. The van der Waals surface area contributed by atoms with Crippen LogP contribution in [0.15, 0.2) is 9.98 Å². The number of nitrogens with one attached hydrogen (secondary N) is 9. The molecule has 16 atom stereocenters. The van der Waals surface area contributed by atoms with Crippen LogP contribution in [0.2, 0.25) is 0 Å². The van der Waals surface area contributed by atoms with E-state index in [2.05, 4.69) is 41.9 Å². The minimum absolute atomic E-state index is 0. The molecule has 0 bridgehead atoms. The second-order valence-corrected chi connectivity index (χ2v) is 27.1. The van der Waals surface area contributed by atoms with Gasteiger partial charge in [-0.1, -0.05) is 67.2 Å². The molecule has 0 spiro atoms. The topological polar surface area (TPSA) is 682 Å². The molecule has 0 fully saturated rings. The highest BCUT2D eigenvalue weighted by Crippen LogP contribution is 2.16. The molecule has 0 heterocycles. The number of nitrogens with two attached hydrogens (primary N) is 2. The van der Waals surface area contributed by atoms with E-state index in [0.717, 1.165) is 134 Å². The molecule has 29 N–H and O–H groups in total. The van der Waals surface area contributed by atoms with Gasteiger partial charge in [0.2, 0.25) is 0 Å².